The van der Waals surface area contributed by atoms with Gasteiger partial charge in [0.2, 0.25) is 5.91 Å². The van der Waals surface area contributed by atoms with Crippen LogP contribution in [0.3, 0.4) is 0 Å². The largest absolute Gasteiger partial charge is 0.481 e. The molecule has 2 saturated heterocycles. The zero-order valence-electron chi connectivity index (χ0n) is 13.8. The molecule has 3 rings (SSSR count). The first kappa shape index (κ1) is 16.7. The van der Waals surface area contributed by atoms with Crippen molar-refractivity contribution in [3.8, 4) is 0 Å². The lowest BCUT2D eigenvalue weighted by molar-refractivity contribution is -0.140. The van der Waals surface area contributed by atoms with Gasteiger partial charge in [0, 0.05) is 38.5 Å². The number of carbonyl (C=O) groups excluding carboxylic acids is 1. The van der Waals surface area contributed by atoms with Crippen molar-refractivity contribution in [2.75, 3.05) is 45.9 Å². The Morgan fingerprint density at radius 2 is 1.78 bits per heavy atom. The van der Waals surface area contributed by atoms with Crippen LogP contribution >= 0.6 is 0 Å². The fraction of sp³-hybridized carbons (Fsp3) is 0.882. The van der Waals surface area contributed by atoms with Gasteiger partial charge in [-0.15, -0.1) is 0 Å². The van der Waals surface area contributed by atoms with Gasteiger partial charge < -0.3 is 14.7 Å². The highest BCUT2D eigenvalue weighted by Gasteiger charge is 2.38. The van der Waals surface area contributed by atoms with Gasteiger partial charge in [0.15, 0.2) is 0 Å². The van der Waals surface area contributed by atoms with Gasteiger partial charge in [0.1, 0.15) is 0 Å². The van der Waals surface area contributed by atoms with Gasteiger partial charge in [0.05, 0.1) is 13.2 Å². The third-order valence-electron chi connectivity index (χ3n) is 5.49. The van der Waals surface area contributed by atoms with Gasteiger partial charge in [-0.1, -0.05) is 0 Å². The number of nitrogens with zero attached hydrogens (tertiary/aromatic N) is 2. The molecule has 0 spiro atoms. The van der Waals surface area contributed by atoms with E-state index in [0.29, 0.717) is 11.8 Å². The van der Waals surface area contributed by atoms with Gasteiger partial charge in [0.25, 0.3) is 0 Å². The Morgan fingerprint density at radius 3 is 2.43 bits per heavy atom. The van der Waals surface area contributed by atoms with Crippen LogP contribution in [0.2, 0.25) is 0 Å². The Hall–Kier alpha value is -1.14. The number of likely N-dealkylation sites (tertiary alicyclic amines) is 1. The Kier molecular flexibility index (Phi) is 5.54. The Labute approximate surface area is 137 Å². The van der Waals surface area contributed by atoms with E-state index in [1.165, 1.54) is 0 Å². The SMILES string of the molecule is O=C(O)CC1CCN(C(=O)C2CC2)CC1CCN1CCOCC1. The fourth-order valence-corrected chi connectivity index (χ4v) is 3.86. The molecule has 2 aliphatic heterocycles. The molecule has 0 aromatic rings. The molecular weight excluding hydrogens is 296 g/mol. The molecular formula is C17H28N2O4. The molecule has 3 fully saturated rings. The number of hydrogen-bond acceptors (Lipinski definition) is 4. The first-order valence-electron chi connectivity index (χ1n) is 8.94. The van der Waals surface area contributed by atoms with Crippen molar-refractivity contribution in [2.45, 2.75) is 32.1 Å². The fourth-order valence-electron chi connectivity index (χ4n) is 3.86. The van der Waals surface area contributed by atoms with Gasteiger partial charge >= 0.3 is 5.97 Å². The van der Waals surface area contributed by atoms with Crippen LogP contribution in [-0.2, 0) is 14.3 Å². The van der Waals surface area contributed by atoms with Crippen molar-refractivity contribution in [2.24, 2.45) is 17.8 Å². The molecule has 2 heterocycles. The smallest absolute Gasteiger partial charge is 0.303 e. The van der Waals surface area contributed by atoms with E-state index in [0.717, 1.165) is 71.6 Å². The summed E-state index contributed by atoms with van der Waals surface area (Å²) < 4.78 is 5.37. The number of carboxylic acid groups (broad SMARTS) is 1. The van der Waals surface area contributed by atoms with Crippen LogP contribution < -0.4 is 0 Å². The van der Waals surface area contributed by atoms with E-state index in [4.69, 9.17) is 9.84 Å². The van der Waals surface area contributed by atoms with Crippen molar-refractivity contribution in [1.82, 2.24) is 9.80 Å². The number of carboxylic acids is 1. The lowest BCUT2D eigenvalue weighted by atomic mass is 9.81. The van der Waals surface area contributed by atoms with Crippen molar-refractivity contribution in [3.05, 3.63) is 0 Å². The third-order valence-corrected chi connectivity index (χ3v) is 5.49. The van der Waals surface area contributed by atoms with Crippen LogP contribution in [0, 0.1) is 17.8 Å². The molecule has 6 nitrogen and oxygen atoms in total. The Bertz CT molecular complexity index is 432. The molecule has 1 N–H and O–H groups in total. The molecule has 130 valence electrons. The summed E-state index contributed by atoms with van der Waals surface area (Å²) >= 11 is 0. The van der Waals surface area contributed by atoms with Gasteiger partial charge in [-0.3, -0.25) is 14.5 Å². The monoisotopic (exact) mass is 324 g/mol. The molecule has 0 aromatic carbocycles. The van der Waals surface area contributed by atoms with Gasteiger partial charge in [-0.25, -0.2) is 0 Å². The number of hydrogen-bond donors (Lipinski definition) is 1. The molecule has 0 aromatic heterocycles. The number of piperidine rings is 1. The zero-order chi connectivity index (χ0) is 16.2. The Balaban J connectivity index is 1.55. The minimum absolute atomic E-state index is 0.205. The molecule has 0 bridgehead atoms. The van der Waals surface area contributed by atoms with Crippen LogP contribution in [0.15, 0.2) is 0 Å². The van der Waals surface area contributed by atoms with Crippen LogP contribution in [0.5, 0.6) is 0 Å². The summed E-state index contributed by atoms with van der Waals surface area (Å²) in [6.45, 7) is 5.96. The third kappa shape index (κ3) is 4.67. The van der Waals surface area contributed by atoms with Crippen LogP contribution in [0.4, 0.5) is 0 Å². The predicted octanol–water partition coefficient (Wildman–Crippen LogP) is 1.06. The van der Waals surface area contributed by atoms with Gasteiger partial charge in [-0.05, 0) is 44.1 Å². The van der Waals surface area contributed by atoms with E-state index in [-0.39, 0.29) is 18.3 Å². The minimum Gasteiger partial charge on any atom is -0.481 e. The second-order valence-corrected chi connectivity index (χ2v) is 7.21. The second-order valence-electron chi connectivity index (χ2n) is 7.21. The van der Waals surface area contributed by atoms with E-state index in [9.17, 15) is 9.59 Å². The average Bonchev–Trinajstić information content (AvgIpc) is 3.38. The standard InChI is InChI=1S/C17H28N2O4/c20-16(21)11-14-4-6-19(17(22)13-1-2-13)12-15(14)3-5-18-7-9-23-10-8-18/h13-15H,1-12H2,(H,20,21). The topological polar surface area (TPSA) is 70.1 Å². The molecule has 1 aliphatic carbocycles. The summed E-state index contributed by atoms with van der Waals surface area (Å²) in [5, 5.41) is 9.17. The average molecular weight is 324 g/mol. The van der Waals surface area contributed by atoms with E-state index < -0.39 is 5.97 Å². The predicted molar refractivity (Wildman–Crippen MR) is 85.0 cm³/mol. The highest BCUT2D eigenvalue weighted by Crippen LogP contribution is 2.35. The summed E-state index contributed by atoms with van der Waals surface area (Å²) in [5.74, 6) is 0.358. The van der Waals surface area contributed by atoms with Crippen molar-refractivity contribution in [3.63, 3.8) is 0 Å². The molecule has 0 radical (unpaired) electrons. The van der Waals surface area contributed by atoms with Crippen molar-refractivity contribution >= 4 is 11.9 Å². The van der Waals surface area contributed by atoms with E-state index in [2.05, 4.69) is 4.90 Å². The maximum Gasteiger partial charge on any atom is 0.303 e. The quantitative estimate of drug-likeness (QED) is 0.791. The summed E-state index contributed by atoms with van der Waals surface area (Å²) in [7, 11) is 0. The Morgan fingerprint density at radius 1 is 1.04 bits per heavy atom. The molecule has 1 saturated carbocycles. The van der Waals surface area contributed by atoms with E-state index >= 15 is 0 Å². The number of ether oxygens (including phenoxy) is 1. The second kappa shape index (κ2) is 7.62. The number of morpholine rings is 1. The molecule has 1 amide bonds. The highest BCUT2D eigenvalue weighted by atomic mass is 16.5. The van der Waals surface area contributed by atoms with Crippen molar-refractivity contribution in [1.29, 1.82) is 0 Å². The summed E-state index contributed by atoms with van der Waals surface area (Å²) in [5.41, 5.74) is 0. The van der Waals surface area contributed by atoms with E-state index in [1.54, 1.807) is 0 Å². The molecule has 23 heavy (non-hydrogen) atoms. The van der Waals surface area contributed by atoms with E-state index in [1.807, 2.05) is 4.90 Å². The zero-order valence-corrected chi connectivity index (χ0v) is 13.8. The van der Waals surface area contributed by atoms with Crippen LogP contribution in [-0.4, -0.2) is 72.7 Å². The number of aliphatic carboxylic acids is 1. The number of amides is 1. The van der Waals surface area contributed by atoms with Crippen LogP contribution in [0.25, 0.3) is 0 Å². The first-order chi connectivity index (χ1) is 11.1. The summed E-state index contributed by atoms with van der Waals surface area (Å²) in [6.07, 6.45) is 4.11. The molecule has 2 unspecified atom stereocenters. The summed E-state index contributed by atoms with van der Waals surface area (Å²) in [6, 6.07) is 0. The maximum atomic E-state index is 12.3. The maximum absolute atomic E-state index is 12.3. The number of carbonyl (C=O) groups is 2. The lowest BCUT2D eigenvalue weighted by Gasteiger charge is -2.39. The van der Waals surface area contributed by atoms with Crippen LogP contribution in [0.1, 0.15) is 32.1 Å². The minimum atomic E-state index is -0.714. The van der Waals surface area contributed by atoms with Gasteiger partial charge in [-0.2, -0.15) is 0 Å². The van der Waals surface area contributed by atoms with Crippen molar-refractivity contribution < 1.29 is 19.4 Å². The number of rotatable bonds is 6. The normalized spacial score (nSPS) is 29.5. The molecule has 6 heteroatoms. The first-order valence-corrected chi connectivity index (χ1v) is 8.94. The highest BCUT2D eigenvalue weighted by molar-refractivity contribution is 5.81. The molecule has 3 aliphatic rings. The summed E-state index contributed by atoms with van der Waals surface area (Å²) in [4.78, 5) is 27.9. The molecule has 2 atom stereocenters. The lowest BCUT2D eigenvalue weighted by Crippen LogP contribution is -2.46.